The molecule has 5 nitrogen and oxygen atoms in total. The molecule has 0 bridgehead atoms. The van der Waals surface area contributed by atoms with Gasteiger partial charge in [0, 0.05) is 33.9 Å². The van der Waals surface area contributed by atoms with Gasteiger partial charge in [0.1, 0.15) is 0 Å². The Morgan fingerprint density at radius 1 is 1.26 bits per heavy atom. The summed E-state index contributed by atoms with van der Waals surface area (Å²) in [7, 11) is 3.35. The van der Waals surface area contributed by atoms with E-state index >= 15 is 0 Å². The van der Waals surface area contributed by atoms with Gasteiger partial charge in [0.15, 0.2) is 0 Å². The number of hydrogen-bond donors (Lipinski definition) is 1. The first kappa shape index (κ1) is 16.4. The summed E-state index contributed by atoms with van der Waals surface area (Å²) in [6.45, 7) is 5.75. The van der Waals surface area contributed by atoms with Crippen molar-refractivity contribution in [3.05, 3.63) is 0 Å². The number of carbonyl (C=O) groups excluding carboxylic acids is 1. The summed E-state index contributed by atoms with van der Waals surface area (Å²) in [5, 5.41) is 3.35. The Morgan fingerprint density at radius 3 is 2.63 bits per heavy atom. The van der Waals surface area contributed by atoms with E-state index in [0.29, 0.717) is 25.7 Å². The number of amides is 1. The molecule has 0 saturated carbocycles. The SMILES string of the molecule is COCCCN(CCOC)C(=O)C1NCCCC1C. The van der Waals surface area contributed by atoms with E-state index in [9.17, 15) is 4.79 Å². The summed E-state index contributed by atoms with van der Waals surface area (Å²) in [5.74, 6) is 0.620. The minimum atomic E-state index is -0.0341. The molecule has 1 saturated heterocycles. The highest BCUT2D eigenvalue weighted by molar-refractivity contribution is 5.82. The second kappa shape index (κ2) is 9.28. The minimum Gasteiger partial charge on any atom is -0.385 e. The van der Waals surface area contributed by atoms with Gasteiger partial charge in [0.05, 0.1) is 12.6 Å². The predicted octanol–water partition coefficient (Wildman–Crippen LogP) is 0.886. The molecule has 2 unspecified atom stereocenters. The molecular formula is C14H28N2O3. The molecule has 0 radical (unpaired) electrons. The molecule has 1 aliphatic heterocycles. The molecule has 0 spiro atoms. The number of methoxy groups -OCH3 is 2. The van der Waals surface area contributed by atoms with Crippen molar-refractivity contribution in [3.8, 4) is 0 Å². The number of rotatable bonds is 8. The van der Waals surface area contributed by atoms with Gasteiger partial charge < -0.3 is 19.7 Å². The Labute approximate surface area is 116 Å². The zero-order valence-electron chi connectivity index (χ0n) is 12.5. The van der Waals surface area contributed by atoms with Gasteiger partial charge >= 0.3 is 0 Å². The van der Waals surface area contributed by atoms with Gasteiger partial charge in [-0.3, -0.25) is 4.79 Å². The Balaban J connectivity index is 2.52. The fourth-order valence-corrected chi connectivity index (χ4v) is 2.51. The van der Waals surface area contributed by atoms with Crippen LogP contribution in [0.15, 0.2) is 0 Å². The predicted molar refractivity (Wildman–Crippen MR) is 75.1 cm³/mol. The molecule has 0 aromatic rings. The monoisotopic (exact) mass is 272 g/mol. The Morgan fingerprint density at radius 2 is 2.00 bits per heavy atom. The molecule has 1 fully saturated rings. The van der Waals surface area contributed by atoms with Crippen LogP contribution in [0.25, 0.3) is 0 Å². The summed E-state index contributed by atoms with van der Waals surface area (Å²) in [6.07, 6.45) is 3.15. The van der Waals surface area contributed by atoms with Crippen LogP contribution < -0.4 is 5.32 Å². The lowest BCUT2D eigenvalue weighted by Crippen LogP contribution is -2.53. The molecule has 1 aliphatic rings. The highest BCUT2D eigenvalue weighted by atomic mass is 16.5. The van der Waals surface area contributed by atoms with Crippen molar-refractivity contribution in [2.24, 2.45) is 5.92 Å². The molecule has 19 heavy (non-hydrogen) atoms. The number of nitrogens with zero attached hydrogens (tertiary/aromatic N) is 1. The lowest BCUT2D eigenvalue weighted by Gasteiger charge is -2.33. The van der Waals surface area contributed by atoms with Crippen LogP contribution in [-0.2, 0) is 14.3 Å². The first-order chi connectivity index (χ1) is 9.20. The third kappa shape index (κ3) is 5.47. The van der Waals surface area contributed by atoms with E-state index in [0.717, 1.165) is 32.4 Å². The summed E-state index contributed by atoms with van der Waals surface area (Å²) in [6, 6.07) is -0.0341. The first-order valence-electron chi connectivity index (χ1n) is 7.20. The zero-order valence-corrected chi connectivity index (χ0v) is 12.5. The van der Waals surface area contributed by atoms with Crippen LogP contribution in [0, 0.1) is 5.92 Å². The maximum absolute atomic E-state index is 12.6. The Hall–Kier alpha value is -0.650. The van der Waals surface area contributed by atoms with Crippen LogP contribution in [0.4, 0.5) is 0 Å². The molecule has 112 valence electrons. The van der Waals surface area contributed by atoms with Crippen molar-refractivity contribution < 1.29 is 14.3 Å². The molecule has 0 aromatic carbocycles. The summed E-state index contributed by atoms with van der Waals surface area (Å²) in [4.78, 5) is 14.5. The summed E-state index contributed by atoms with van der Waals surface area (Å²) in [5.41, 5.74) is 0. The Kier molecular flexibility index (Phi) is 8.02. The van der Waals surface area contributed by atoms with Gasteiger partial charge in [-0.05, 0) is 31.7 Å². The van der Waals surface area contributed by atoms with Crippen LogP contribution in [0.3, 0.4) is 0 Å². The molecule has 1 N–H and O–H groups in total. The van der Waals surface area contributed by atoms with E-state index in [1.807, 2.05) is 4.90 Å². The van der Waals surface area contributed by atoms with E-state index in [-0.39, 0.29) is 11.9 Å². The molecule has 1 amide bonds. The number of hydrogen-bond acceptors (Lipinski definition) is 4. The van der Waals surface area contributed by atoms with Crippen molar-refractivity contribution in [2.45, 2.75) is 32.2 Å². The fourth-order valence-electron chi connectivity index (χ4n) is 2.51. The van der Waals surface area contributed by atoms with Gasteiger partial charge in [-0.25, -0.2) is 0 Å². The van der Waals surface area contributed by atoms with Crippen molar-refractivity contribution >= 4 is 5.91 Å². The van der Waals surface area contributed by atoms with Crippen LogP contribution in [-0.4, -0.2) is 63.9 Å². The number of nitrogens with one attached hydrogen (secondary N) is 1. The van der Waals surface area contributed by atoms with E-state index in [2.05, 4.69) is 12.2 Å². The largest absolute Gasteiger partial charge is 0.385 e. The smallest absolute Gasteiger partial charge is 0.240 e. The number of ether oxygens (including phenoxy) is 2. The average molecular weight is 272 g/mol. The van der Waals surface area contributed by atoms with E-state index in [1.165, 1.54) is 0 Å². The van der Waals surface area contributed by atoms with Crippen LogP contribution in [0.2, 0.25) is 0 Å². The van der Waals surface area contributed by atoms with Crippen molar-refractivity contribution in [3.63, 3.8) is 0 Å². The summed E-state index contributed by atoms with van der Waals surface area (Å²) >= 11 is 0. The van der Waals surface area contributed by atoms with Gasteiger partial charge in [0.2, 0.25) is 5.91 Å². The van der Waals surface area contributed by atoms with E-state index in [4.69, 9.17) is 9.47 Å². The average Bonchev–Trinajstić information content (AvgIpc) is 2.42. The lowest BCUT2D eigenvalue weighted by atomic mass is 9.92. The molecule has 2 atom stereocenters. The van der Waals surface area contributed by atoms with Crippen LogP contribution in [0.5, 0.6) is 0 Å². The topological polar surface area (TPSA) is 50.8 Å². The van der Waals surface area contributed by atoms with Crippen LogP contribution >= 0.6 is 0 Å². The van der Waals surface area contributed by atoms with Crippen molar-refractivity contribution in [1.82, 2.24) is 10.2 Å². The fraction of sp³-hybridized carbons (Fsp3) is 0.929. The highest BCUT2D eigenvalue weighted by Crippen LogP contribution is 2.17. The standard InChI is InChI=1S/C14H28N2O3/c1-12-6-4-7-15-13(12)14(17)16(9-11-19-3)8-5-10-18-2/h12-13,15H,4-11H2,1-3H3. The molecule has 0 aromatic heterocycles. The minimum absolute atomic E-state index is 0.0341. The molecule has 0 aliphatic carbocycles. The second-order valence-electron chi connectivity index (χ2n) is 5.22. The molecular weight excluding hydrogens is 244 g/mol. The van der Waals surface area contributed by atoms with E-state index < -0.39 is 0 Å². The maximum Gasteiger partial charge on any atom is 0.240 e. The third-order valence-corrected chi connectivity index (χ3v) is 3.69. The third-order valence-electron chi connectivity index (χ3n) is 3.69. The number of carbonyl (C=O) groups is 1. The van der Waals surface area contributed by atoms with Gasteiger partial charge in [-0.2, -0.15) is 0 Å². The van der Waals surface area contributed by atoms with Crippen molar-refractivity contribution in [1.29, 1.82) is 0 Å². The maximum atomic E-state index is 12.6. The first-order valence-corrected chi connectivity index (χ1v) is 7.20. The highest BCUT2D eigenvalue weighted by Gasteiger charge is 2.30. The zero-order chi connectivity index (χ0) is 14.1. The Bertz CT molecular complexity index is 261. The van der Waals surface area contributed by atoms with Crippen LogP contribution in [0.1, 0.15) is 26.2 Å². The summed E-state index contributed by atoms with van der Waals surface area (Å²) < 4.78 is 10.2. The molecule has 1 rings (SSSR count). The van der Waals surface area contributed by atoms with Crippen molar-refractivity contribution in [2.75, 3.05) is 47.1 Å². The van der Waals surface area contributed by atoms with Gasteiger partial charge in [0.25, 0.3) is 0 Å². The normalized spacial score (nSPS) is 23.3. The van der Waals surface area contributed by atoms with Gasteiger partial charge in [-0.15, -0.1) is 0 Å². The van der Waals surface area contributed by atoms with E-state index in [1.54, 1.807) is 14.2 Å². The quantitative estimate of drug-likeness (QED) is 0.667. The second-order valence-corrected chi connectivity index (χ2v) is 5.22. The number of piperidine rings is 1. The lowest BCUT2D eigenvalue weighted by molar-refractivity contribution is -0.136. The van der Waals surface area contributed by atoms with Gasteiger partial charge in [-0.1, -0.05) is 6.92 Å². The molecule has 1 heterocycles. The molecule has 5 heteroatoms.